The van der Waals surface area contributed by atoms with Gasteiger partial charge in [0.1, 0.15) is 0 Å². The van der Waals surface area contributed by atoms with E-state index in [2.05, 4.69) is 17.2 Å². The first kappa shape index (κ1) is 9.52. The molecule has 1 saturated heterocycles. The Labute approximate surface area is 84.3 Å². The average molecular weight is 195 g/mol. The van der Waals surface area contributed by atoms with E-state index in [9.17, 15) is 0 Å². The Morgan fingerprint density at radius 1 is 1.71 bits per heavy atom. The summed E-state index contributed by atoms with van der Waals surface area (Å²) in [6, 6.07) is 0.332. The highest BCUT2D eigenvalue weighted by Gasteiger charge is 2.22. The second-order valence-corrected chi connectivity index (χ2v) is 3.85. The molecule has 1 N–H and O–H groups in total. The number of hydrogen-bond donors (Lipinski definition) is 1. The molecule has 2 atom stereocenters. The van der Waals surface area contributed by atoms with Gasteiger partial charge in [0.15, 0.2) is 0 Å². The Balaban J connectivity index is 1.93. The molecule has 0 bridgehead atoms. The Morgan fingerprint density at radius 2 is 2.57 bits per heavy atom. The van der Waals surface area contributed by atoms with Crippen LogP contribution in [0.1, 0.15) is 19.8 Å². The number of nitrogens with one attached hydrogen (secondary N) is 1. The first-order chi connectivity index (χ1) is 6.77. The molecule has 4 heteroatoms. The number of ether oxygens (including phenoxy) is 1. The zero-order chi connectivity index (χ0) is 9.97. The Bertz CT molecular complexity index is 291. The van der Waals surface area contributed by atoms with Crippen LogP contribution in [0.25, 0.3) is 0 Å². The van der Waals surface area contributed by atoms with Crippen molar-refractivity contribution in [2.45, 2.75) is 31.9 Å². The molecule has 0 spiro atoms. The monoisotopic (exact) mass is 195 g/mol. The molecule has 0 amide bonds. The van der Waals surface area contributed by atoms with Crippen LogP contribution in [0.4, 0.5) is 5.95 Å². The van der Waals surface area contributed by atoms with Crippen LogP contribution < -0.4 is 5.32 Å². The highest BCUT2D eigenvalue weighted by atomic mass is 16.5. The van der Waals surface area contributed by atoms with Gasteiger partial charge >= 0.3 is 0 Å². The molecule has 1 aliphatic rings. The predicted octanol–water partition coefficient (Wildman–Crippen LogP) is 1.40. The lowest BCUT2D eigenvalue weighted by atomic mass is 10.1. The summed E-state index contributed by atoms with van der Waals surface area (Å²) in [5.41, 5.74) is 0. The maximum atomic E-state index is 5.60. The molecule has 1 aliphatic heterocycles. The van der Waals surface area contributed by atoms with Gasteiger partial charge in [-0.25, -0.2) is 4.98 Å². The lowest BCUT2D eigenvalue weighted by molar-refractivity contribution is 0.0994. The summed E-state index contributed by atoms with van der Waals surface area (Å²) in [7, 11) is 1.98. The van der Waals surface area contributed by atoms with Crippen LogP contribution in [0.15, 0.2) is 12.4 Å². The van der Waals surface area contributed by atoms with Crippen molar-refractivity contribution in [3.63, 3.8) is 0 Å². The lowest BCUT2D eigenvalue weighted by Crippen LogP contribution is -2.31. The third-order valence-electron chi connectivity index (χ3n) is 2.70. The zero-order valence-electron chi connectivity index (χ0n) is 8.73. The van der Waals surface area contributed by atoms with Crippen LogP contribution in [0.3, 0.4) is 0 Å². The van der Waals surface area contributed by atoms with Gasteiger partial charge in [-0.3, -0.25) is 0 Å². The van der Waals surface area contributed by atoms with E-state index in [0.717, 1.165) is 19.0 Å². The fourth-order valence-corrected chi connectivity index (χ4v) is 1.80. The Kier molecular flexibility index (Phi) is 2.72. The standard InChI is InChI=1S/C10H17N3O/c1-8(9-4-3-7-14-9)12-10-11-5-6-13(10)2/h5-6,8-9H,3-4,7H2,1-2H3,(H,11,12). The van der Waals surface area contributed by atoms with Crippen molar-refractivity contribution in [3.8, 4) is 0 Å². The molecule has 1 aromatic heterocycles. The van der Waals surface area contributed by atoms with Crippen molar-refractivity contribution in [3.05, 3.63) is 12.4 Å². The molecule has 0 aromatic carbocycles. The molecule has 1 aromatic rings. The summed E-state index contributed by atoms with van der Waals surface area (Å²) in [5.74, 6) is 0.910. The topological polar surface area (TPSA) is 39.1 Å². The molecular weight excluding hydrogens is 178 g/mol. The second-order valence-electron chi connectivity index (χ2n) is 3.85. The van der Waals surface area contributed by atoms with E-state index in [-0.39, 0.29) is 0 Å². The van der Waals surface area contributed by atoms with Gasteiger partial charge < -0.3 is 14.6 Å². The van der Waals surface area contributed by atoms with Crippen molar-refractivity contribution in [1.29, 1.82) is 0 Å². The quantitative estimate of drug-likeness (QED) is 0.792. The van der Waals surface area contributed by atoms with Crippen LogP contribution in [-0.2, 0) is 11.8 Å². The van der Waals surface area contributed by atoms with Crippen molar-refractivity contribution in [1.82, 2.24) is 9.55 Å². The minimum absolute atomic E-state index is 0.332. The van der Waals surface area contributed by atoms with Gasteiger partial charge in [0.05, 0.1) is 12.1 Å². The summed E-state index contributed by atoms with van der Waals surface area (Å²) >= 11 is 0. The van der Waals surface area contributed by atoms with E-state index in [0.29, 0.717) is 12.1 Å². The van der Waals surface area contributed by atoms with Crippen molar-refractivity contribution < 1.29 is 4.74 Å². The van der Waals surface area contributed by atoms with Crippen molar-refractivity contribution in [2.75, 3.05) is 11.9 Å². The SMILES string of the molecule is CC(Nc1nccn1C)C1CCCO1. The summed E-state index contributed by atoms with van der Waals surface area (Å²) in [6.07, 6.45) is 6.40. The largest absolute Gasteiger partial charge is 0.376 e. The number of nitrogens with zero attached hydrogens (tertiary/aromatic N) is 2. The molecule has 4 nitrogen and oxygen atoms in total. The third-order valence-corrected chi connectivity index (χ3v) is 2.70. The van der Waals surface area contributed by atoms with Gasteiger partial charge in [0.25, 0.3) is 0 Å². The molecule has 14 heavy (non-hydrogen) atoms. The van der Waals surface area contributed by atoms with E-state index in [1.54, 1.807) is 6.20 Å². The lowest BCUT2D eigenvalue weighted by Gasteiger charge is -2.20. The Morgan fingerprint density at radius 3 is 3.14 bits per heavy atom. The summed E-state index contributed by atoms with van der Waals surface area (Å²) in [4.78, 5) is 4.22. The maximum absolute atomic E-state index is 5.60. The Hall–Kier alpha value is -1.03. The number of imidazole rings is 1. The fourth-order valence-electron chi connectivity index (χ4n) is 1.80. The molecule has 2 rings (SSSR count). The van der Waals surface area contributed by atoms with Crippen molar-refractivity contribution >= 4 is 5.95 Å². The highest BCUT2D eigenvalue weighted by Crippen LogP contribution is 2.17. The van der Waals surface area contributed by atoms with Crippen molar-refractivity contribution in [2.24, 2.45) is 7.05 Å². The molecule has 2 heterocycles. The zero-order valence-corrected chi connectivity index (χ0v) is 8.73. The number of rotatable bonds is 3. The van der Waals surface area contributed by atoms with Gasteiger partial charge in [0.2, 0.25) is 5.95 Å². The number of anilines is 1. The van der Waals surface area contributed by atoms with Crippen LogP contribution in [0, 0.1) is 0 Å². The van der Waals surface area contributed by atoms with Crippen LogP contribution in [-0.4, -0.2) is 28.3 Å². The number of hydrogen-bond acceptors (Lipinski definition) is 3. The van der Waals surface area contributed by atoms with E-state index in [4.69, 9.17) is 4.74 Å². The van der Waals surface area contributed by atoms with Gasteiger partial charge in [-0.05, 0) is 19.8 Å². The van der Waals surface area contributed by atoms with E-state index in [1.165, 1.54) is 6.42 Å². The fraction of sp³-hybridized carbons (Fsp3) is 0.700. The van der Waals surface area contributed by atoms with Gasteiger partial charge in [0, 0.05) is 26.0 Å². The molecule has 0 saturated carbocycles. The molecular formula is C10H17N3O. The number of aromatic nitrogens is 2. The van der Waals surface area contributed by atoms with Crippen LogP contribution in [0.5, 0.6) is 0 Å². The highest BCUT2D eigenvalue weighted by molar-refractivity contribution is 5.27. The van der Waals surface area contributed by atoms with Gasteiger partial charge in [-0.15, -0.1) is 0 Å². The molecule has 0 aliphatic carbocycles. The smallest absolute Gasteiger partial charge is 0.202 e. The number of aryl methyl sites for hydroxylation is 1. The first-order valence-electron chi connectivity index (χ1n) is 5.13. The molecule has 1 fully saturated rings. The van der Waals surface area contributed by atoms with Gasteiger partial charge in [-0.1, -0.05) is 0 Å². The minimum Gasteiger partial charge on any atom is -0.376 e. The van der Waals surface area contributed by atoms with Crippen LogP contribution >= 0.6 is 0 Å². The molecule has 2 unspecified atom stereocenters. The third kappa shape index (κ3) is 1.90. The normalized spacial score (nSPS) is 23.7. The first-order valence-corrected chi connectivity index (χ1v) is 5.13. The average Bonchev–Trinajstić information content (AvgIpc) is 2.77. The van der Waals surface area contributed by atoms with Gasteiger partial charge in [-0.2, -0.15) is 0 Å². The summed E-state index contributed by atoms with van der Waals surface area (Å²) in [6.45, 7) is 3.04. The molecule has 78 valence electrons. The van der Waals surface area contributed by atoms with E-state index < -0.39 is 0 Å². The van der Waals surface area contributed by atoms with E-state index in [1.807, 2.05) is 17.8 Å². The van der Waals surface area contributed by atoms with E-state index >= 15 is 0 Å². The summed E-state index contributed by atoms with van der Waals surface area (Å²) < 4.78 is 7.58. The summed E-state index contributed by atoms with van der Waals surface area (Å²) in [5, 5.41) is 3.36. The molecule has 0 radical (unpaired) electrons. The predicted molar refractivity (Wildman–Crippen MR) is 55.3 cm³/mol. The van der Waals surface area contributed by atoms with Crippen LogP contribution in [0.2, 0.25) is 0 Å². The second kappa shape index (κ2) is 4.00. The maximum Gasteiger partial charge on any atom is 0.202 e. The minimum atomic E-state index is 0.332.